The van der Waals surface area contributed by atoms with Crippen molar-refractivity contribution < 1.29 is 4.39 Å². The van der Waals surface area contributed by atoms with Crippen LogP contribution in [0.1, 0.15) is 17.8 Å². The minimum atomic E-state index is -0.302. The Balaban J connectivity index is 2.17. The number of rotatable bonds is 3. The van der Waals surface area contributed by atoms with Gasteiger partial charge in [-0.2, -0.15) is 0 Å². The van der Waals surface area contributed by atoms with E-state index in [0.717, 1.165) is 4.88 Å². The van der Waals surface area contributed by atoms with Crippen molar-refractivity contribution in [2.45, 2.75) is 13.0 Å². The Morgan fingerprint density at radius 3 is 3.00 bits per heavy atom. The van der Waals surface area contributed by atoms with Crippen molar-refractivity contribution in [3.63, 3.8) is 0 Å². The number of nitrogens with one attached hydrogen (secondary N) is 1. The fourth-order valence-corrected chi connectivity index (χ4v) is 2.15. The van der Waals surface area contributed by atoms with E-state index in [1.807, 2.05) is 6.92 Å². The average Bonchev–Trinajstić information content (AvgIpc) is 2.76. The molecule has 0 amide bonds. The molecule has 1 heterocycles. The summed E-state index contributed by atoms with van der Waals surface area (Å²) in [5, 5.41) is 3.66. The van der Waals surface area contributed by atoms with Crippen molar-refractivity contribution >= 4 is 28.6 Å². The molecule has 0 saturated heterocycles. The highest BCUT2D eigenvalue weighted by atomic mass is 35.5. The molecule has 0 bridgehead atoms. The number of thiazole rings is 1. The van der Waals surface area contributed by atoms with E-state index in [-0.39, 0.29) is 11.9 Å². The molecule has 5 heteroatoms. The summed E-state index contributed by atoms with van der Waals surface area (Å²) in [6.07, 6.45) is 1.79. The molecule has 0 aliphatic heterocycles. The van der Waals surface area contributed by atoms with Gasteiger partial charge in [0.05, 0.1) is 22.3 Å². The lowest BCUT2D eigenvalue weighted by Crippen LogP contribution is -2.05. The number of anilines is 1. The number of halogens is 2. The molecule has 0 aliphatic carbocycles. The molecule has 0 spiro atoms. The quantitative estimate of drug-likeness (QED) is 0.894. The Bertz CT molecular complexity index is 473. The number of nitrogens with zero attached hydrogens (tertiary/aromatic N) is 1. The van der Waals surface area contributed by atoms with Gasteiger partial charge in [-0.1, -0.05) is 11.6 Å². The van der Waals surface area contributed by atoms with E-state index in [4.69, 9.17) is 11.6 Å². The van der Waals surface area contributed by atoms with E-state index >= 15 is 0 Å². The first kappa shape index (κ1) is 11.4. The molecule has 1 atom stereocenters. The Hall–Kier alpha value is -1.13. The molecule has 1 N–H and O–H groups in total. The monoisotopic (exact) mass is 256 g/mol. The zero-order valence-corrected chi connectivity index (χ0v) is 10.1. The summed E-state index contributed by atoms with van der Waals surface area (Å²) < 4.78 is 13.0. The second kappa shape index (κ2) is 4.80. The summed E-state index contributed by atoms with van der Waals surface area (Å²) >= 11 is 7.51. The smallest absolute Gasteiger partial charge is 0.125 e. The maximum absolute atomic E-state index is 13.0. The van der Waals surface area contributed by atoms with Crippen molar-refractivity contribution in [1.82, 2.24) is 4.98 Å². The zero-order valence-electron chi connectivity index (χ0n) is 8.58. The van der Waals surface area contributed by atoms with Crippen LogP contribution in [-0.2, 0) is 0 Å². The maximum Gasteiger partial charge on any atom is 0.125 e. The Kier molecular flexibility index (Phi) is 3.41. The topological polar surface area (TPSA) is 24.9 Å². The molecule has 1 aromatic heterocycles. The van der Waals surface area contributed by atoms with Gasteiger partial charge in [0.15, 0.2) is 0 Å². The molecule has 2 rings (SSSR count). The first-order chi connectivity index (χ1) is 7.66. The van der Waals surface area contributed by atoms with Crippen LogP contribution in [0.2, 0.25) is 5.02 Å². The predicted octanol–water partition coefficient (Wildman–Crippen LogP) is 4.11. The molecule has 2 aromatic rings. The zero-order chi connectivity index (χ0) is 11.5. The van der Waals surface area contributed by atoms with Crippen LogP contribution >= 0.6 is 22.9 Å². The van der Waals surface area contributed by atoms with E-state index < -0.39 is 0 Å². The number of aromatic nitrogens is 1. The van der Waals surface area contributed by atoms with Crippen molar-refractivity contribution in [3.05, 3.63) is 45.6 Å². The van der Waals surface area contributed by atoms with Gasteiger partial charge in [0, 0.05) is 11.1 Å². The number of hydrogen-bond acceptors (Lipinski definition) is 3. The normalized spacial score (nSPS) is 12.4. The molecule has 1 unspecified atom stereocenters. The van der Waals surface area contributed by atoms with Crippen LogP contribution in [-0.4, -0.2) is 4.98 Å². The molecule has 84 valence electrons. The van der Waals surface area contributed by atoms with Crippen LogP contribution in [0.3, 0.4) is 0 Å². The first-order valence-electron chi connectivity index (χ1n) is 4.77. The third-order valence-corrected chi connectivity index (χ3v) is 3.47. The van der Waals surface area contributed by atoms with Crippen LogP contribution in [0.25, 0.3) is 0 Å². The largest absolute Gasteiger partial charge is 0.376 e. The van der Waals surface area contributed by atoms with E-state index in [1.165, 1.54) is 12.1 Å². The minimum Gasteiger partial charge on any atom is -0.376 e. The lowest BCUT2D eigenvalue weighted by atomic mass is 10.2. The number of hydrogen-bond donors (Lipinski definition) is 1. The van der Waals surface area contributed by atoms with Crippen LogP contribution < -0.4 is 5.32 Å². The van der Waals surface area contributed by atoms with Gasteiger partial charge in [0.2, 0.25) is 0 Å². The van der Waals surface area contributed by atoms with E-state index in [9.17, 15) is 4.39 Å². The highest BCUT2D eigenvalue weighted by Crippen LogP contribution is 2.27. The SMILES string of the molecule is CC(Nc1cc(F)ccc1Cl)c1cncs1. The lowest BCUT2D eigenvalue weighted by molar-refractivity contribution is 0.628. The molecular weight excluding hydrogens is 247 g/mol. The van der Waals surface area contributed by atoms with Crippen molar-refractivity contribution in [2.24, 2.45) is 0 Å². The van der Waals surface area contributed by atoms with Gasteiger partial charge in [-0.15, -0.1) is 11.3 Å². The molecule has 1 aromatic carbocycles. The van der Waals surface area contributed by atoms with Crippen LogP contribution in [0.5, 0.6) is 0 Å². The van der Waals surface area contributed by atoms with Gasteiger partial charge in [-0.05, 0) is 25.1 Å². The standard InChI is InChI=1S/C11H10ClFN2S/c1-7(11-5-14-6-16-11)15-10-4-8(13)2-3-9(10)12/h2-7,15H,1H3. The highest BCUT2D eigenvalue weighted by Gasteiger charge is 2.09. The Morgan fingerprint density at radius 2 is 2.31 bits per heavy atom. The number of benzene rings is 1. The molecule has 0 aliphatic rings. The highest BCUT2D eigenvalue weighted by molar-refractivity contribution is 7.09. The van der Waals surface area contributed by atoms with Crippen LogP contribution in [0, 0.1) is 5.82 Å². The summed E-state index contributed by atoms with van der Waals surface area (Å²) in [6.45, 7) is 1.98. The maximum atomic E-state index is 13.0. The van der Waals surface area contributed by atoms with Crippen molar-refractivity contribution in [2.75, 3.05) is 5.32 Å². The predicted molar refractivity (Wildman–Crippen MR) is 65.6 cm³/mol. The van der Waals surface area contributed by atoms with E-state index in [0.29, 0.717) is 10.7 Å². The molecule has 2 nitrogen and oxygen atoms in total. The van der Waals surface area contributed by atoms with Crippen LogP contribution in [0.15, 0.2) is 29.9 Å². The van der Waals surface area contributed by atoms with Gasteiger partial charge in [0.1, 0.15) is 5.82 Å². The fraction of sp³-hybridized carbons (Fsp3) is 0.182. The molecule has 0 radical (unpaired) electrons. The molecule has 16 heavy (non-hydrogen) atoms. The van der Waals surface area contributed by atoms with E-state index in [2.05, 4.69) is 10.3 Å². The summed E-state index contributed by atoms with van der Waals surface area (Å²) in [4.78, 5) is 5.08. The van der Waals surface area contributed by atoms with Crippen molar-refractivity contribution in [3.8, 4) is 0 Å². The summed E-state index contributed by atoms with van der Waals surface area (Å²) in [7, 11) is 0. The van der Waals surface area contributed by atoms with Gasteiger partial charge in [-0.3, -0.25) is 4.98 Å². The average molecular weight is 257 g/mol. The van der Waals surface area contributed by atoms with E-state index in [1.54, 1.807) is 29.1 Å². The fourth-order valence-electron chi connectivity index (χ4n) is 1.35. The molecular formula is C11H10ClFN2S. The Morgan fingerprint density at radius 1 is 1.50 bits per heavy atom. The first-order valence-corrected chi connectivity index (χ1v) is 6.02. The van der Waals surface area contributed by atoms with Gasteiger partial charge in [0.25, 0.3) is 0 Å². The van der Waals surface area contributed by atoms with Crippen LogP contribution in [0.4, 0.5) is 10.1 Å². The van der Waals surface area contributed by atoms with Gasteiger partial charge < -0.3 is 5.32 Å². The third-order valence-electron chi connectivity index (χ3n) is 2.18. The second-order valence-corrected chi connectivity index (χ2v) is 4.72. The third kappa shape index (κ3) is 2.51. The Labute approximate surface area is 102 Å². The minimum absolute atomic E-state index is 0.0619. The van der Waals surface area contributed by atoms with Crippen molar-refractivity contribution in [1.29, 1.82) is 0 Å². The molecule has 0 fully saturated rings. The van der Waals surface area contributed by atoms with Gasteiger partial charge in [-0.25, -0.2) is 4.39 Å². The molecule has 0 saturated carbocycles. The lowest BCUT2D eigenvalue weighted by Gasteiger charge is -2.14. The summed E-state index contributed by atoms with van der Waals surface area (Å²) in [5.41, 5.74) is 2.36. The summed E-state index contributed by atoms with van der Waals surface area (Å²) in [5.74, 6) is -0.302. The second-order valence-electron chi connectivity index (χ2n) is 3.39. The summed E-state index contributed by atoms with van der Waals surface area (Å²) in [6, 6.07) is 4.33. The van der Waals surface area contributed by atoms with Gasteiger partial charge >= 0.3 is 0 Å².